The number of hydrogen-bond acceptors (Lipinski definition) is 10. The van der Waals surface area contributed by atoms with E-state index in [9.17, 15) is 14.9 Å². The molecule has 7 rings (SSSR count). The number of halogens is 1. The number of benzene rings is 3. The van der Waals surface area contributed by atoms with Crippen LogP contribution in [0.3, 0.4) is 0 Å². The molecule has 3 fully saturated rings. The Morgan fingerprint density at radius 2 is 1.52 bits per heavy atom. The van der Waals surface area contributed by atoms with Gasteiger partial charge in [0.25, 0.3) is 14.1 Å². The monoisotopic (exact) mass is 786 g/mol. The van der Waals surface area contributed by atoms with E-state index in [0.717, 1.165) is 16.7 Å². The first-order valence-corrected chi connectivity index (χ1v) is 20.0. The quantitative estimate of drug-likeness (QED) is 0.0709. The fourth-order valence-corrected chi connectivity index (χ4v) is 10.5. The summed E-state index contributed by atoms with van der Waals surface area (Å²) in [5.41, 5.74) is -5.27. The van der Waals surface area contributed by atoms with E-state index >= 15 is 4.39 Å². The summed E-state index contributed by atoms with van der Waals surface area (Å²) in [5.74, 6) is 1.28. The Balaban J connectivity index is 1.41. The molecule has 1 unspecified atom stereocenters. The van der Waals surface area contributed by atoms with Crippen LogP contribution in [0, 0.1) is 11.3 Å². The van der Waals surface area contributed by atoms with Crippen LogP contribution in [-0.2, 0) is 24.1 Å². The molecule has 14 heteroatoms. The SMILES string of the molecule is COc1ccc(C(O[C@]23C[C@@]2(F)C[C@]2(OP(OCCC#N)N(C(C)C)C(C)C)C[C@H](n4ccc(=O)[nH]c4=O)O[C@@H]23)(c2ccccc2)c2ccc(OC)cc2)cc1. The van der Waals surface area contributed by atoms with E-state index < -0.39 is 54.6 Å². The highest BCUT2D eigenvalue weighted by atomic mass is 31.2. The van der Waals surface area contributed by atoms with E-state index in [1.165, 1.54) is 16.8 Å². The Kier molecular flexibility index (Phi) is 11.0. The van der Waals surface area contributed by atoms with Gasteiger partial charge in [-0.25, -0.2) is 13.9 Å². The molecule has 3 aromatic carbocycles. The summed E-state index contributed by atoms with van der Waals surface area (Å²) in [7, 11) is 1.31. The number of ether oxygens (including phenoxy) is 4. The molecule has 3 aliphatic rings. The minimum atomic E-state index is -1.91. The highest BCUT2D eigenvalue weighted by molar-refractivity contribution is 7.44. The maximum absolute atomic E-state index is 18.0. The van der Waals surface area contributed by atoms with Gasteiger partial charge in [-0.2, -0.15) is 5.26 Å². The van der Waals surface area contributed by atoms with E-state index in [0.29, 0.717) is 11.5 Å². The van der Waals surface area contributed by atoms with Crippen molar-refractivity contribution in [3.8, 4) is 17.6 Å². The molecule has 2 saturated carbocycles. The number of H-pyrrole nitrogens is 1. The molecule has 2 aliphatic carbocycles. The summed E-state index contributed by atoms with van der Waals surface area (Å²) in [6.07, 6.45) is -0.519. The van der Waals surface area contributed by atoms with Crippen LogP contribution < -0.4 is 20.7 Å². The van der Waals surface area contributed by atoms with E-state index in [2.05, 4.69) is 15.7 Å². The van der Waals surface area contributed by atoms with E-state index in [-0.39, 0.29) is 44.4 Å². The maximum Gasteiger partial charge on any atom is 0.330 e. The lowest BCUT2D eigenvalue weighted by molar-refractivity contribution is -0.167. The van der Waals surface area contributed by atoms with Gasteiger partial charge in [-0.1, -0.05) is 54.6 Å². The number of nitrogens with zero attached hydrogens (tertiary/aromatic N) is 3. The maximum atomic E-state index is 18.0. The highest BCUT2D eigenvalue weighted by Crippen LogP contribution is 2.76. The smallest absolute Gasteiger partial charge is 0.330 e. The summed E-state index contributed by atoms with van der Waals surface area (Å²) in [6, 6.07) is 28.0. The molecule has 1 aliphatic heterocycles. The van der Waals surface area contributed by atoms with Gasteiger partial charge in [0.1, 0.15) is 46.3 Å². The number of hydrogen-bond donors (Lipinski definition) is 1. The molecule has 12 nitrogen and oxygen atoms in total. The molecule has 56 heavy (non-hydrogen) atoms. The van der Waals surface area contributed by atoms with E-state index in [4.69, 9.17) is 28.0 Å². The second kappa shape index (κ2) is 15.5. The largest absolute Gasteiger partial charge is 0.497 e. The highest BCUT2D eigenvalue weighted by Gasteiger charge is 2.88. The van der Waals surface area contributed by atoms with Crippen molar-refractivity contribution in [1.82, 2.24) is 14.2 Å². The minimum absolute atomic E-state index is 0.00476. The molecule has 6 atom stereocenters. The summed E-state index contributed by atoms with van der Waals surface area (Å²) >= 11 is 0. The Morgan fingerprint density at radius 1 is 0.929 bits per heavy atom. The summed E-state index contributed by atoms with van der Waals surface area (Å²) in [6.45, 7) is 8.22. The number of aromatic nitrogens is 2. The predicted molar refractivity (Wildman–Crippen MR) is 208 cm³/mol. The van der Waals surface area contributed by atoms with Crippen LogP contribution in [0.4, 0.5) is 4.39 Å². The average Bonchev–Trinajstić information content (AvgIpc) is 3.47. The first-order valence-electron chi connectivity index (χ1n) is 18.8. The lowest BCUT2D eigenvalue weighted by atomic mass is 9.79. The molecule has 2 heterocycles. The molecule has 1 aromatic heterocycles. The normalized spacial score (nSPS) is 25.9. The third-order valence-corrected chi connectivity index (χ3v) is 13.3. The fraction of sp³-hybridized carbons (Fsp3) is 0.452. The lowest BCUT2D eigenvalue weighted by Gasteiger charge is -2.43. The number of methoxy groups -OCH3 is 2. The van der Waals surface area contributed by atoms with E-state index in [1.807, 2.05) is 107 Å². The lowest BCUT2D eigenvalue weighted by Crippen LogP contribution is -2.50. The second-order valence-electron chi connectivity index (χ2n) is 15.2. The van der Waals surface area contributed by atoms with Crippen LogP contribution in [0.1, 0.15) is 76.3 Å². The van der Waals surface area contributed by atoms with Gasteiger partial charge in [0.15, 0.2) is 0 Å². The van der Waals surface area contributed by atoms with Gasteiger partial charge in [-0.05, 0) is 68.7 Å². The summed E-state index contributed by atoms with van der Waals surface area (Å²) in [4.78, 5) is 27.7. The van der Waals surface area contributed by atoms with Crippen LogP contribution in [0.2, 0.25) is 0 Å². The average molecular weight is 787 g/mol. The number of rotatable bonds is 16. The topological polar surface area (TPSA) is 137 Å². The van der Waals surface area contributed by atoms with Crippen LogP contribution >= 0.6 is 8.53 Å². The zero-order valence-electron chi connectivity index (χ0n) is 32.4. The van der Waals surface area contributed by atoms with Crippen molar-refractivity contribution in [3.63, 3.8) is 0 Å². The molecular weight excluding hydrogens is 738 g/mol. The van der Waals surface area contributed by atoms with Crippen molar-refractivity contribution in [3.05, 3.63) is 129 Å². The first kappa shape index (κ1) is 39.8. The number of aromatic amines is 1. The Morgan fingerprint density at radius 3 is 2.05 bits per heavy atom. The summed E-state index contributed by atoms with van der Waals surface area (Å²) in [5, 5.41) is 9.40. The van der Waals surface area contributed by atoms with Crippen LogP contribution in [0.25, 0.3) is 0 Å². The van der Waals surface area contributed by atoms with Crippen molar-refractivity contribution in [2.45, 2.75) is 100 Å². The van der Waals surface area contributed by atoms with Crippen molar-refractivity contribution in [2.24, 2.45) is 0 Å². The molecule has 1 saturated heterocycles. The van der Waals surface area contributed by atoms with Gasteiger partial charge in [-0.3, -0.25) is 14.3 Å². The van der Waals surface area contributed by atoms with Gasteiger partial charge in [0, 0.05) is 43.6 Å². The zero-order valence-corrected chi connectivity index (χ0v) is 33.3. The standard InChI is InChI=1S/C42H48FN4O8P/c1-28(2)47(29(3)4)56(52-24-10-22-44)55-39-25-36(46-23-21-35(48)45-38(46)49)53-37(39)41(27-40(41,43)26-39)54-42(30-11-8-7-9-12-30,31-13-17-33(50-5)18-14-31)32-15-19-34(51-6)20-16-32/h7-9,11-21,23,28-29,36-37H,10,24-27H2,1-6H3,(H,45,48,49)/t36-,37+,39-,40+,41+,56?/m1/s1. The molecule has 0 amide bonds. The van der Waals surface area contributed by atoms with Gasteiger partial charge in [0.05, 0.1) is 33.3 Å². The van der Waals surface area contributed by atoms with Gasteiger partial charge >= 0.3 is 5.69 Å². The third-order valence-electron chi connectivity index (χ3n) is 11.1. The molecular formula is C42H48FN4O8P. The number of fused-ring (bicyclic) bond motifs is 3. The zero-order chi connectivity index (χ0) is 39.9. The van der Waals surface area contributed by atoms with Crippen molar-refractivity contribution in [1.29, 1.82) is 5.26 Å². The van der Waals surface area contributed by atoms with Crippen LogP contribution in [0.5, 0.6) is 11.5 Å². The summed E-state index contributed by atoms with van der Waals surface area (Å²) < 4.78 is 60.4. The number of alkyl halides is 1. The Labute approximate surface area is 327 Å². The van der Waals surface area contributed by atoms with Gasteiger partial charge in [0.2, 0.25) is 0 Å². The second-order valence-corrected chi connectivity index (χ2v) is 16.6. The van der Waals surface area contributed by atoms with Gasteiger partial charge < -0.3 is 28.0 Å². The van der Waals surface area contributed by atoms with Crippen LogP contribution in [-0.4, -0.2) is 70.1 Å². The van der Waals surface area contributed by atoms with Crippen molar-refractivity contribution >= 4 is 8.53 Å². The predicted octanol–water partition coefficient (Wildman–Crippen LogP) is 7.14. The minimum Gasteiger partial charge on any atom is -0.497 e. The number of nitrogens with one attached hydrogen (secondary N) is 1. The van der Waals surface area contributed by atoms with E-state index in [1.54, 1.807) is 14.2 Å². The van der Waals surface area contributed by atoms with Crippen LogP contribution in [0.15, 0.2) is 101 Å². The Bertz CT molecular complexity index is 2110. The third kappa shape index (κ3) is 6.87. The first-order chi connectivity index (χ1) is 26.8. The molecule has 296 valence electrons. The molecule has 4 aromatic rings. The molecule has 0 spiro atoms. The van der Waals surface area contributed by atoms with Crippen molar-refractivity contribution in [2.75, 3.05) is 20.8 Å². The molecule has 0 bridgehead atoms. The van der Waals surface area contributed by atoms with Gasteiger partial charge in [-0.15, -0.1) is 0 Å². The van der Waals surface area contributed by atoms with Crippen molar-refractivity contribution < 1.29 is 32.4 Å². The number of nitriles is 1. The molecule has 0 radical (unpaired) electrons. The fourth-order valence-electron chi connectivity index (χ4n) is 8.65. The Hall–Kier alpha value is -4.41. The molecule has 1 N–H and O–H groups in total.